The van der Waals surface area contributed by atoms with Crippen molar-refractivity contribution in [2.45, 2.75) is 51.2 Å². The predicted octanol–water partition coefficient (Wildman–Crippen LogP) is 3.26. The fourth-order valence-electron chi connectivity index (χ4n) is 3.01. The molecule has 1 aliphatic rings. The van der Waals surface area contributed by atoms with Crippen molar-refractivity contribution >= 4 is 0 Å². The lowest BCUT2D eigenvalue weighted by Gasteiger charge is -2.36. The highest BCUT2D eigenvalue weighted by molar-refractivity contribution is 5.45. The van der Waals surface area contributed by atoms with Crippen LogP contribution < -0.4 is 9.47 Å². The monoisotopic (exact) mass is 294 g/mol. The molecule has 0 saturated heterocycles. The molecule has 0 spiro atoms. The Morgan fingerprint density at radius 3 is 2.57 bits per heavy atom. The first-order valence-corrected chi connectivity index (χ1v) is 7.78. The van der Waals surface area contributed by atoms with Gasteiger partial charge in [0.25, 0.3) is 0 Å². The summed E-state index contributed by atoms with van der Waals surface area (Å²) >= 11 is 0. The quantitative estimate of drug-likeness (QED) is 0.875. The lowest BCUT2D eigenvalue weighted by molar-refractivity contribution is -0.0633. The Balaban J connectivity index is 2.28. The number of hydrogen-bond donors (Lipinski definition) is 1. The minimum absolute atomic E-state index is 0.117. The van der Waals surface area contributed by atoms with E-state index in [0.717, 1.165) is 30.6 Å². The Labute approximate surface area is 127 Å². The molecule has 1 aliphatic carbocycles. The highest BCUT2D eigenvalue weighted by Gasteiger charge is 2.36. The fourth-order valence-corrected chi connectivity index (χ4v) is 3.01. The molecule has 1 fully saturated rings. The molecule has 0 bridgehead atoms. The molecule has 118 valence electrons. The molecule has 0 heterocycles. The maximum absolute atomic E-state index is 11.0. The summed E-state index contributed by atoms with van der Waals surface area (Å²) in [6.45, 7) is 5.05. The van der Waals surface area contributed by atoms with Crippen LogP contribution in [0, 0.1) is 0 Å². The minimum atomic E-state index is -0.838. The highest BCUT2D eigenvalue weighted by Crippen LogP contribution is 2.41. The van der Waals surface area contributed by atoms with Crippen LogP contribution >= 0.6 is 0 Å². The van der Waals surface area contributed by atoms with Crippen LogP contribution in [0.1, 0.15) is 45.1 Å². The molecule has 0 aromatic heterocycles. The van der Waals surface area contributed by atoms with Gasteiger partial charge in [0.15, 0.2) is 11.5 Å². The summed E-state index contributed by atoms with van der Waals surface area (Å²) in [5.74, 6) is 1.43. The van der Waals surface area contributed by atoms with Gasteiger partial charge in [0.1, 0.15) is 0 Å². The molecule has 2 atom stereocenters. The van der Waals surface area contributed by atoms with Gasteiger partial charge in [-0.2, -0.15) is 0 Å². The smallest absolute Gasteiger partial charge is 0.161 e. The van der Waals surface area contributed by atoms with Crippen molar-refractivity contribution < 1.29 is 19.3 Å². The maximum atomic E-state index is 11.0. The lowest BCUT2D eigenvalue weighted by atomic mass is 9.78. The summed E-state index contributed by atoms with van der Waals surface area (Å²) in [5.41, 5.74) is 0.0476. The molecular formula is C17H26O4. The SMILES string of the molecule is CCOc1ccc(C2(O)CCCC(OC)C2)cc1OCC. The molecule has 21 heavy (non-hydrogen) atoms. The van der Waals surface area contributed by atoms with Crippen LogP contribution in [-0.2, 0) is 10.3 Å². The number of benzene rings is 1. The second-order valence-corrected chi connectivity index (χ2v) is 5.51. The van der Waals surface area contributed by atoms with E-state index in [9.17, 15) is 5.11 Å². The summed E-state index contributed by atoms with van der Waals surface area (Å²) in [5, 5.41) is 11.0. The summed E-state index contributed by atoms with van der Waals surface area (Å²) in [6.07, 6.45) is 3.47. The van der Waals surface area contributed by atoms with Gasteiger partial charge in [0.2, 0.25) is 0 Å². The van der Waals surface area contributed by atoms with E-state index in [1.165, 1.54) is 0 Å². The molecule has 1 saturated carbocycles. The predicted molar refractivity (Wildman–Crippen MR) is 81.9 cm³/mol. The second-order valence-electron chi connectivity index (χ2n) is 5.51. The molecule has 2 rings (SSSR count). The van der Waals surface area contributed by atoms with Crippen molar-refractivity contribution in [2.24, 2.45) is 0 Å². The van der Waals surface area contributed by atoms with Gasteiger partial charge in [0.05, 0.1) is 24.9 Å². The van der Waals surface area contributed by atoms with Gasteiger partial charge in [0, 0.05) is 13.5 Å². The number of ether oxygens (including phenoxy) is 3. The van der Waals surface area contributed by atoms with Gasteiger partial charge in [-0.05, 0) is 50.8 Å². The van der Waals surface area contributed by atoms with Gasteiger partial charge in [-0.15, -0.1) is 0 Å². The molecule has 0 amide bonds. The molecule has 4 heteroatoms. The standard InChI is InChI=1S/C17H26O4/c1-4-20-15-9-8-13(11-16(15)21-5-2)17(18)10-6-7-14(12-17)19-3/h8-9,11,14,18H,4-7,10,12H2,1-3H3. The molecular weight excluding hydrogens is 268 g/mol. The zero-order valence-corrected chi connectivity index (χ0v) is 13.2. The number of hydrogen-bond acceptors (Lipinski definition) is 4. The van der Waals surface area contributed by atoms with Crippen molar-refractivity contribution in [1.82, 2.24) is 0 Å². The number of aliphatic hydroxyl groups is 1. The Hall–Kier alpha value is -1.26. The van der Waals surface area contributed by atoms with E-state index in [2.05, 4.69) is 0 Å². The Kier molecular flexibility index (Phi) is 5.48. The van der Waals surface area contributed by atoms with Crippen LogP contribution in [0.2, 0.25) is 0 Å². The summed E-state index contributed by atoms with van der Waals surface area (Å²) in [7, 11) is 1.71. The largest absolute Gasteiger partial charge is 0.490 e. The third-order valence-corrected chi connectivity index (χ3v) is 4.10. The molecule has 1 N–H and O–H groups in total. The zero-order valence-electron chi connectivity index (χ0n) is 13.2. The van der Waals surface area contributed by atoms with Gasteiger partial charge < -0.3 is 19.3 Å². The topological polar surface area (TPSA) is 47.9 Å². The molecule has 0 radical (unpaired) electrons. The summed E-state index contributed by atoms with van der Waals surface area (Å²) in [4.78, 5) is 0. The Bertz CT molecular complexity index is 460. The van der Waals surface area contributed by atoms with E-state index < -0.39 is 5.60 Å². The van der Waals surface area contributed by atoms with E-state index in [1.54, 1.807) is 7.11 Å². The molecule has 4 nitrogen and oxygen atoms in total. The molecule has 1 aromatic carbocycles. The molecule has 2 unspecified atom stereocenters. The van der Waals surface area contributed by atoms with Crippen molar-refractivity contribution in [1.29, 1.82) is 0 Å². The van der Waals surface area contributed by atoms with E-state index in [1.807, 2.05) is 32.0 Å². The Morgan fingerprint density at radius 1 is 1.19 bits per heavy atom. The normalized spacial score (nSPS) is 25.6. The van der Waals surface area contributed by atoms with E-state index in [0.29, 0.717) is 25.4 Å². The summed E-state index contributed by atoms with van der Waals surface area (Å²) in [6, 6.07) is 5.73. The average Bonchev–Trinajstić information content (AvgIpc) is 2.49. The minimum Gasteiger partial charge on any atom is -0.490 e. The first-order valence-electron chi connectivity index (χ1n) is 7.78. The van der Waals surface area contributed by atoms with Gasteiger partial charge in [-0.25, -0.2) is 0 Å². The second kappa shape index (κ2) is 7.14. The third kappa shape index (κ3) is 3.69. The van der Waals surface area contributed by atoms with Crippen molar-refractivity contribution in [3.63, 3.8) is 0 Å². The highest BCUT2D eigenvalue weighted by atomic mass is 16.5. The van der Waals surface area contributed by atoms with Crippen molar-refractivity contribution in [2.75, 3.05) is 20.3 Å². The number of methoxy groups -OCH3 is 1. The third-order valence-electron chi connectivity index (χ3n) is 4.10. The maximum Gasteiger partial charge on any atom is 0.161 e. The summed E-state index contributed by atoms with van der Waals surface area (Å²) < 4.78 is 16.7. The first-order chi connectivity index (χ1) is 10.1. The van der Waals surface area contributed by atoms with Crippen LogP contribution in [0.15, 0.2) is 18.2 Å². The molecule has 1 aromatic rings. The van der Waals surface area contributed by atoms with Crippen LogP contribution in [0.25, 0.3) is 0 Å². The molecule has 0 aliphatic heterocycles. The van der Waals surface area contributed by atoms with Crippen LogP contribution in [0.3, 0.4) is 0 Å². The van der Waals surface area contributed by atoms with Crippen LogP contribution in [0.5, 0.6) is 11.5 Å². The van der Waals surface area contributed by atoms with Crippen LogP contribution in [-0.4, -0.2) is 31.5 Å². The Morgan fingerprint density at radius 2 is 1.90 bits per heavy atom. The average molecular weight is 294 g/mol. The van der Waals surface area contributed by atoms with E-state index in [-0.39, 0.29) is 6.10 Å². The fraction of sp³-hybridized carbons (Fsp3) is 0.647. The van der Waals surface area contributed by atoms with E-state index >= 15 is 0 Å². The number of rotatable bonds is 6. The van der Waals surface area contributed by atoms with Crippen molar-refractivity contribution in [3.05, 3.63) is 23.8 Å². The first kappa shape index (κ1) is 16.1. The van der Waals surface area contributed by atoms with Gasteiger partial charge >= 0.3 is 0 Å². The lowest BCUT2D eigenvalue weighted by Crippen LogP contribution is -2.35. The van der Waals surface area contributed by atoms with Crippen LogP contribution in [0.4, 0.5) is 0 Å². The van der Waals surface area contributed by atoms with E-state index in [4.69, 9.17) is 14.2 Å². The van der Waals surface area contributed by atoms with Crippen molar-refractivity contribution in [3.8, 4) is 11.5 Å². The van der Waals surface area contributed by atoms with Gasteiger partial charge in [-0.1, -0.05) is 6.07 Å². The van der Waals surface area contributed by atoms with Gasteiger partial charge in [-0.3, -0.25) is 0 Å². The zero-order chi connectivity index (χ0) is 15.3.